The molecule has 0 spiro atoms. The lowest BCUT2D eigenvalue weighted by molar-refractivity contribution is -0.304. The van der Waals surface area contributed by atoms with Crippen LogP contribution < -0.4 is 5.11 Å². The SMILES string of the molecule is C[C@@H](Sc1sccc1Br)C(=O)[O-]. The van der Waals surface area contributed by atoms with E-state index in [-0.39, 0.29) is 0 Å². The molecule has 0 saturated heterocycles. The van der Waals surface area contributed by atoms with Gasteiger partial charge in [-0.1, -0.05) is 0 Å². The zero-order valence-corrected chi connectivity index (χ0v) is 9.46. The van der Waals surface area contributed by atoms with Gasteiger partial charge in [-0.25, -0.2) is 0 Å². The van der Waals surface area contributed by atoms with E-state index in [0.717, 1.165) is 8.68 Å². The largest absolute Gasteiger partial charge is 0.549 e. The molecule has 66 valence electrons. The number of carbonyl (C=O) groups excluding carboxylic acids is 1. The first-order valence-electron chi connectivity index (χ1n) is 3.21. The standard InChI is InChI=1S/C7H7BrO2S2/c1-4(6(9)10)12-7-5(8)2-3-11-7/h2-4H,1H3,(H,9,10)/p-1/t4-/m1/s1. The van der Waals surface area contributed by atoms with Gasteiger partial charge in [-0.2, -0.15) is 0 Å². The van der Waals surface area contributed by atoms with Gasteiger partial charge in [0, 0.05) is 9.72 Å². The lowest BCUT2D eigenvalue weighted by Gasteiger charge is -2.10. The van der Waals surface area contributed by atoms with Crippen molar-refractivity contribution in [1.29, 1.82) is 0 Å². The Kier molecular flexibility index (Phi) is 3.61. The van der Waals surface area contributed by atoms with Crippen LogP contribution in [0, 0.1) is 0 Å². The van der Waals surface area contributed by atoms with Gasteiger partial charge in [0.1, 0.15) is 0 Å². The highest BCUT2D eigenvalue weighted by atomic mass is 79.9. The lowest BCUT2D eigenvalue weighted by Crippen LogP contribution is -2.31. The van der Waals surface area contributed by atoms with Crippen LogP contribution in [-0.2, 0) is 4.79 Å². The Morgan fingerprint density at radius 3 is 2.92 bits per heavy atom. The molecule has 1 aromatic rings. The Morgan fingerprint density at radius 2 is 2.50 bits per heavy atom. The number of thioether (sulfide) groups is 1. The van der Waals surface area contributed by atoms with Crippen LogP contribution in [0.5, 0.6) is 0 Å². The fourth-order valence-electron chi connectivity index (χ4n) is 0.573. The molecule has 0 aliphatic heterocycles. The summed E-state index contributed by atoms with van der Waals surface area (Å²) in [7, 11) is 0. The molecule has 0 aliphatic rings. The summed E-state index contributed by atoms with van der Waals surface area (Å²) in [5.41, 5.74) is 0. The fourth-order valence-corrected chi connectivity index (χ4v) is 3.37. The number of hydrogen-bond acceptors (Lipinski definition) is 4. The van der Waals surface area contributed by atoms with Crippen LogP contribution in [0.25, 0.3) is 0 Å². The second-order valence-corrected chi connectivity index (χ2v) is 5.52. The number of rotatable bonds is 3. The molecule has 0 N–H and O–H groups in total. The van der Waals surface area contributed by atoms with Gasteiger partial charge in [0.05, 0.1) is 10.2 Å². The summed E-state index contributed by atoms with van der Waals surface area (Å²) in [5, 5.41) is 11.8. The zero-order chi connectivity index (χ0) is 9.14. The molecule has 1 aromatic heterocycles. The number of halogens is 1. The van der Waals surface area contributed by atoms with Crippen LogP contribution in [-0.4, -0.2) is 11.2 Å². The highest BCUT2D eigenvalue weighted by Gasteiger charge is 2.08. The quantitative estimate of drug-likeness (QED) is 0.782. The maximum absolute atomic E-state index is 10.4. The molecule has 0 amide bonds. The monoisotopic (exact) mass is 265 g/mol. The van der Waals surface area contributed by atoms with E-state index in [2.05, 4.69) is 15.9 Å². The Labute approximate surface area is 87.1 Å². The van der Waals surface area contributed by atoms with Crippen molar-refractivity contribution in [3.63, 3.8) is 0 Å². The van der Waals surface area contributed by atoms with Crippen LogP contribution in [0.15, 0.2) is 20.1 Å². The minimum atomic E-state index is -1.03. The van der Waals surface area contributed by atoms with Gasteiger partial charge in [0.2, 0.25) is 0 Å². The summed E-state index contributed by atoms with van der Waals surface area (Å²) in [6.45, 7) is 1.62. The summed E-state index contributed by atoms with van der Waals surface area (Å²) >= 11 is 6.13. The van der Waals surface area contributed by atoms with Crippen LogP contribution in [0.2, 0.25) is 0 Å². The smallest absolute Gasteiger partial charge is 0.0747 e. The molecule has 0 aromatic carbocycles. The van der Waals surface area contributed by atoms with E-state index in [1.165, 1.54) is 23.1 Å². The first kappa shape index (κ1) is 10.1. The molecule has 12 heavy (non-hydrogen) atoms. The molecule has 1 heterocycles. The number of thiophene rings is 1. The van der Waals surface area contributed by atoms with Gasteiger partial charge in [-0.15, -0.1) is 23.1 Å². The van der Waals surface area contributed by atoms with E-state index in [4.69, 9.17) is 0 Å². The molecule has 0 aliphatic carbocycles. The van der Waals surface area contributed by atoms with Gasteiger partial charge < -0.3 is 9.90 Å². The van der Waals surface area contributed by atoms with E-state index in [9.17, 15) is 9.90 Å². The third kappa shape index (κ3) is 2.50. The molecule has 1 rings (SSSR count). The average molecular weight is 266 g/mol. The first-order valence-corrected chi connectivity index (χ1v) is 5.77. The number of carboxylic acids is 1. The van der Waals surface area contributed by atoms with Crippen molar-refractivity contribution in [3.05, 3.63) is 15.9 Å². The normalized spacial score (nSPS) is 12.8. The van der Waals surface area contributed by atoms with Crippen LogP contribution in [0.1, 0.15) is 6.92 Å². The van der Waals surface area contributed by atoms with E-state index < -0.39 is 11.2 Å². The highest BCUT2D eigenvalue weighted by Crippen LogP contribution is 2.34. The number of hydrogen-bond donors (Lipinski definition) is 0. The maximum Gasteiger partial charge on any atom is 0.0747 e. The summed E-state index contributed by atoms with van der Waals surface area (Å²) in [5.74, 6) is -1.03. The van der Waals surface area contributed by atoms with E-state index in [1.54, 1.807) is 6.92 Å². The summed E-state index contributed by atoms with van der Waals surface area (Å²) in [6, 6.07) is 1.90. The van der Waals surface area contributed by atoms with E-state index >= 15 is 0 Å². The van der Waals surface area contributed by atoms with Gasteiger partial charge >= 0.3 is 0 Å². The topological polar surface area (TPSA) is 40.1 Å². The molecular weight excluding hydrogens is 260 g/mol. The molecule has 0 radical (unpaired) electrons. The third-order valence-electron chi connectivity index (χ3n) is 1.20. The molecule has 0 saturated carbocycles. The number of carboxylic acid groups (broad SMARTS) is 1. The molecule has 5 heteroatoms. The molecule has 0 fully saturated rings. The van der Waals surface area contributed by atoms with Gasteiger partial charge in [-0.3, -0.25) is 0 Å². The Hall–Kier alpha value is -0.000000000000000111. The van der Waals surface area contributed by atoms with Crippen molar-refractivity contribution in [2.24, 2.45) is 0 Å². The molecule has 2 nitrogen and oxygen atoms in total. The minimum Gasteiger partial charge on any atom is -0.549 e. The summed E-state index contributed by atoms with van der Waals surface area (Å²) in [6.07, 6.45) is 0. The predicted molar refractivity (Wildman–Crippen MR) is 52.3 cm³/mol. The van der Waals surface area contributed by atoms with Crippen molar-refractivity contribution >= 4 is 45.0 Å². The van der Waals surface area contributed by atoms with Crippen molar-refractivity contribution in [2.75, 3.05) is 0 Å². The van der Waals surface area contributed by atoms with Gasteiger partial charge in [-0.05, 0) is 34.3 Å². The number of carbonyl (C=O) groups is 1. The van der Waals surface area contributed by atoms with Crippen LogP contribution in [0.3, 0.4) is 0 Å². The van der Waals surface area contributed by atoms with Crippen molar-refractivity contribution in [2.45, 2.75) is 16.4 Å². The second kappa shape index (κ2) is 4.30. The van der Waals surface area contributed by atoms with E-state index in [0.29, 0.717) is 0 Å². The summed E-state index contributed by atoms with van der Waals surface area (Å²) < 4.78 is 1.93. The Morgan fingerprint density at radius 1 is 1.83 bits per heavy atom. The Balaban J connectivity index is 2.64. The molecule has 0 bridgehead atoms. The molecular formula is C7H6BrO2S2-. The van der Waals surface area contributed by atoms with Crippen LogP contribution >= 0.6 is 39.0 Å². The average Bonchev–Trinajstić information content (AvgIpc) is 2.36. The van der Waals surface area contributed by atoms with Gasteiger partial charge in [0.15, 0.2) is 0 Å². The lowest BCUT2D eigenvalue weighted by atomic mass is 10.5. The Bertz CT molecular complexity index is 285. The first-order chi connectivity index (χ1) is 5.61. The predicted octanol–water partition coefficient (Wildman–Crippen LogP) is 1.74. The molecule has 0 unspecified atom stereocenters. The summed E-state index contributed by atoms with van der Waals surface area (Å²) in [4.78, 5) is 10.4. The fraction of sp³-hybridized carbons (Fsp3) is 0.286. The highest BCUT2D eigenvalue weighted by molar-refractivity contribution is 9.10. The van der Waals surface area contributed by atoms with Crippen LogP contribution in [0.4, 0.5) is 0 Å². The minimum absolute atomic E-state index is 0.500. The zero-order valence-electron chi connectivity index (χ0n) is 6.24. The van der Waals surface area contributed by atoms with Crippen molar-refractivity contribution in [3.8, 4) is 0 Å². The molecule has 1 atom stereocenters. The van der Waals surface area contributed by atoms with Gasteiger partial charge in [0.25, 0.3) is 0 Å². The maximum atomic E-state index is 10.4. The number of aliphatic carboxylic acids is 1. The van der Waals surface area contributed by atoms with Crippen molar-refractivity contribution in [1.82, 2.24) is 0 Å². The third-order valence-corrected chi connectivity index (χ3v) is 4.65. The second-order valence-electron chi connectivity index (χ2n) is 2.14. The van der Waals surface area contributed by atoms with Crippen molar-refractivity contribution < 1.29 is 9.90 Å². The van der Waals surface area contributed by atoms with E-state index in [1.807, 2.05) is 11.4 Å².